The van der Waals surface area contributed by atoms with Gasteiger partial charge in [-0.05, 0) is 44.2 Å². The Hall–Kier alpha value is -0.860. The van der Waals surface area contributed by atoms with Gasteiger partial charge in [0, 0.05) is 10.6 Å². The van der Waals surface area contributed by atoms with E-state index in [0.717, 1.165) is 18.4 Å². The van der Waals surface area contributed by atoms with E-state index >= 15 is 0 Å². The number of hydrogen-bond donors (Lipinski definition) is 1. The zero-order valence-electron chi connectivity index (χ0n) is 9.59. The van der Waals surface area contributed by atoms with E-state index in [1.165, 1.54) is 0 Å². The number of ketones is 1. The third-order valence-electron chi connectivity index (χ3n) is 3.35. The lowest BCUT2D eigenvalue weighted by molar-refractivity contribution is 0.0883. The molecule has 1 atom stereocenters. The summed E-state index contributed by atoms with van der Waals surface area (Å²) in [6.07, 6.45) is 2.11. The molecule has 1 aromatic rings. The molecule has 0 aromatic heterocycles. The minimum atomic E-state index is -0.738. The van der Waals surface area contributed by atoms with Gasteiger partial charge < -0.3 is 5.73 Å². The number of carbonyl (C=O) groups excluding carboxylic acids is 1. The van der Waals surface area contributed by atoms with Crippen LogP contribution in [-0.2, 0) is 0 Å². The number of halogens is 1. The van der Waals surface area contributed by atoms with Crippen LogP contribution in [0.25, 0.3) is 0 Å². The van der Waals surface area contributed by atoms with Crippen LogP contribution in [0.4, 0.5) is 0 Å². The van der Waals surface area contributed by atoms with E-state index in [1.807, 2.05) is 19.9 Å². The number of aryl methyl sites for hydroxylation is 1. The molecule has 86 valence electrons. The van der Waals surface area contributed by atoms with Crippen LogP contribution in [0.15, 0.2) is 18.2 Å². The van der Waals surface area contributed by atoms with Crippen molar-refractivity contribution in [3.05, 3.63) is 34.3 Å². The predicted molar refractivity (Wildman–Crippen MR) is 65.8 cm³/mol. The molecule has 0 heterocycles. The lowest BCUT2D eigenvalue weighted by Gasteiger charge is -2.22. The largest absolute Gasteiger partial charge is 0.319 e. The third-order valence-corrected chi connectivity index (χ3v) is 3.76. The standard InChI is InChI=1S/C13H16ClNO/c1-8-3-4-9(7-11(8)14)12(16)13(2,15)10-5-6-10/h3-4,7,10H,5-6,15H2,1-2H3. The highest BCUT2D eigenvalue weighted by molar-refractivity contribution is 6.31. The molecule has 1 aromatic carbocycles. The molecule has 2 rings (SSSR count). The fourth-order valence-corrected chi connectivity index (χ4v) is 2.09. The number of rotatable bonds is 3. The zero-order valence-corrected chi connectivity index (χ0v) is 10.3. The Morgan fingerprint density at radius 3 is 2.62 bits per heavy atom. The second-order valence-electron chi connectivity index (χ2n) is 4.85. The Labute approximate surface area is 101 Å². The Balaban J connectivity index is 2.30. The number of hydrogen-bond acceptors (Lipinski definition) is 2. The van der Waals surface area contributed by atoms with E-state index in [9.17, 15) is 4.79 Å². The van der Waals surface area contributed by atoms with Crippen molar-refractivity contribution in [2.45, 2.75) is 32.2 Å². The van der Waals surface area contributed by atoms with Gasteiger partial charge in [-0.25, -0.2) is 0 Å². The highest BCUT2D eigenvalue weighted by atomic mass is 35.5. The zero-order chi connectivity index (χ0) is 11.9. The van der Waals surface area contributed by atoms with Crippen molar-refractivity contribution in [3.63, 3.8) is 0 Å². The average Bonchev–Trinajstić information content (AvgIpc) is 3.04. The molecule has 2 N–H and O–H groups in total. The molecule has 0 saturated heterocycles. The molecule has 1 saturated carbocycles. The summed E-state index contributed by atoms with van der Waals surface area (Å²) >= 11 is 6.01. The van der Waals surface area contributed by atoms with Gasteiger partial charge in [0.05, 0.1) is 5.54 Å². The van der Waals surface area contributed by atoms with Gasteiger partial charge in [-0.15, -0.1) is 0 Å². The van der Waals surface area contributed by atoms with Crippen molar-refractivity contribution in [1.29, 1.82) is 0 Å². The van der Waals surface area contributed by atoms with Crippen LogP contribution in [0, 0.1) is 12.8 Å². The lowest BCUT2D eigenvalue weighted by atomic mass is 9.87. The van der Waals surface area contributed by atoms with Crippen molar-refractivity contribution in [2.24, 2.45) is 11.7 Å². The Morgan fingerprint density at radius 1 is 1.50 bits per heavy atom. The number of nitrogens with two attached hydrogens (primary N) is 1. The van der Waals surface area contributed by atoms with Gasteiger partial charge in [-0.2, -0.15) is 0 Å². The first kappa shape index (κ1) is 11.6. The molecule has 2 nitrogen and oxygen atoms in total. The van der Waals surface area contributed by atoms with E-state index in [4.69, 9.17) is 17.3 Å². The van der Waals surface area contributed by atoms with Crippen LogP contribution in [0.2, 0.25) is 5.02 Å². The normalized spacial score (nSPS) is 19.2. The van der Waals surface area contributed by atoms with Crippen LogP contribution >= 0.6 is 11.6 Å². The summed E-state index contributed by atoms with van der Waals surface area (Å²) in [7, 11) is 0. The minimum absolute atomic E-state index is 0.00287. The van der Waals surface area contributed by atoms with Gasteiger partial charge >= 0.3 is 0 Å². The van der Waals surface area contributed by atoms with Crippen molar-refractivity contribution >= 4 is 17.4 Å². The maximum Gasteiger partial charge on any atom is 0.182 e. The Morgan fingerprint density at radius 2 is 2.12 bits per heavy atom. The van der Waals surface area contributed by atoms with Crippen LogP contribution in [-0.4, -0.2) is 11.3 Å². The Kier molecular flexibility index (Phi) is 2.81. The highest BCUT2D eigenvalue weighted by Gasteiger charge is 2.44. The highest BCUT2D eigenvalue weighted by Crippen LogP contribution is 2.39. The van der Waals surface area contributed by atoms with Crippen LogP contribution in [0.5, 0.6) is 0 Å². The first-order valence-electron chi connectivity index (χ1n) is 5.52. The van der Waals surface area contributed by atoms with E-state index < -0.39 is 5.54 Å². The summed E-state index contributed by atoms with van der Waals surface area (Å²) in [4.78, 5) is 12.2. The third kappa shape index (κ3) is 2.00. The van der Waals surface area contributed by atoms with Gasteiger partial charge in [-0.3, -0.25) is 4.79 Å². The minimum Gasteiger partial charge on any atom is -0.319 e. The molecule has 0 spiro atoms. The van der Waals surface area contributed by atoms with Crippen LogP contribution in [0.3, 0.4) is 0 Å². The van der Waals surface area contributed by atoms with E-state index in [-0.39, 0.29) is 5.78 Å². The van der Waals surface area contributed by atoms with E-state index in [1.54, 1.807) is 12.1 Å². The van der Waals surface area contributed by atoms with Crippen molar-refractivity contribution < 1.29 is 4.79 Å². The lowest BCUT2D eigenvalue weighted by Crippen LogP contribution is -2.47. The second kappa shape index (κ2) is 3.86. The van der Waals surface area contributed by atoms with Crippen LogP contribution < -0.4 is 5.73 Å². The quantitative estimate of drug-likeness (QED) is 0.822. The van der Waals surface area contributed by atoms with E-state index in [2.05, 4.69) is 0 Å². The fourth-order valence-electron chi connectivity index (χ4n) is 1.91. The topological polar surface area (TPSA) is 43.1 Å². The summed E-state index contributed by atoms with van der Waals surface area (Å²) in [6.45, 7) is 3.74. The molecule has 0 aliphatic heterocycles. The number of carbonyl (C=O) groups is 1. The first-order valence-corrected chi connectivity index (χ1v) is 5.90. The monoisotopic (exact) mass is 237 g/mol. The maximum absolute atomic E-state index is 12.2. The number of Topliss-reactive ketones (excluding diaryl/α,β-unsaturated/α-hetero) is 1. The van der Waals surface area contributed by atoms with Gasteiger partial charge in [0.2, 0.25) is 0 Å². The van der Waals surface area contributed by atoms with E-state index in [0.29, 0.717) is 16.5 Å². The molecule has 1 fully saturated rings. The summed E-state index contributed by atoms with van der Waals surface area (Å²) in [5, 5.41) is 0.623. The maximum atomic E-state index is 12.2. The molecule has 3 heteroatoms. The van der Waals surface area contributed by atoms with Gasteiger partial charge in [0.1, 0.15) is 0 Å². The molecule has 1 unspecified atom stereocenters. The Bertz CT molecular complexity index is 436. The SMILES string of the molecule is Cc1ccc(C(=O)C(C)(N)C2CC2)cc1Cl. The van der Waals surface area contributed by atoms with Gasteiger partial charge in [-0.1, -0.05) is 23.7 Å². The molecule has 16 heavy (non-hydrogen) atoms. The summed E-state index contributed by atoms with van der Waals surface area (Å²) in [5.41, 5.74) is 6.95. The molecular weight excluding hydrogens is 222 g/mol. The van der Waals surface area contributed by atoms with Crippen LogP contribution in [0.1, 0.15) is 35.7 Å². The van der Waals surface area contributed by atoms with Crippen molar-refractivity contribution in [3.8, 4) is 0 Å². The van der Waals surface area contributed by atoms with Gasteiger partial charge in [0.25, 0.3) is 0 Å². The molecule has 0 radical (unpaired) electrons. The second-order valence-corrected chi connectivity index (χ2v) is 5.26. The molecule has 1 aliphatic carbocycles. The average molecular weight is 238 g/mol. The van der Waals surface area contributed by atoms with Crippen molar-refractivity contribution in [2.75, 3.05) is 0 Å². The predicted octanol–water partition coefficient (Wildman–Crippen LogP) is 2.96. The molecule has 1 aliphatic rings. The molecule has 0 amide bonds. The molecular formula is C13H16ClNO. The summed E-state index contributed by atoms with van der Waals surface area (Å²) in [5.74, 6) is 0.331. The first-order chi connectivity index (χ1) is 7.43. The van der Waals surface area contributed by atoms with Crippen molar-refractivity contribution in [1.82, 2.24) is 0 Å². The smallest absolute Gasteiger partial charge is 0.182 e. The fraction of sp³-hybridized carbons (Fsp3) is 0.462. The van der Waals surface area contributed by atoms with Gasteiger partial charge in [0.15, 0.2) is 5.78 Å². The number of benzene rings is 1. The summed E-state index contributed by atoms with van der Waals surface area (Å²) < 4.78 is 0. The molecule has 0 bridgehead atoms. The summed E-state index contributed by atoms with van der Waals surface area (Å²) in [6, 6.07) is 5.38.